The van der Waals surface area contributed by atoms with Gasteiger partial charge in [0, 0.05) is 18.2 Å². The molecule has 29 heavy (non-hydrogen) atoms. The van der Waals surface area contributed by atoms with Gasteiger partial charge in [0.05, 0.1) is 13.7 Å². The third-order valence-electron chi connectivity index (χ3n) is 5.34. The number of ether oxygens (including phenoxy) is 1. The fraction of sp³-hybridized carbons (Fsp3) is 0.364. The van der Waals surface area contributed by atoms with E-state index in [1.165, 1.54) is 6.26 Å². The van der Waals surface area contributed by atoms with Crippen LogP contribution in [0.4, 0.5) is 0 Å². The minimum absolute atomic E-state index is 0.178. The molecule has 152 valence electrons. The van der Waals surface area contributed by atoms with Crippen LogP contribution in [0.3, 0.4) is 0 Å². The van der Waals surface area contributed by atoms with Gasteiger partial charge in [0.2, 0.25) is 0 Å². The summed E-state index contributed by atoms with van der Waals surface area (Å²) in [6.07, 6.45) is 3.50. The Balaban J connectivity index is 1.23. The largest absolute Gasteiger partial charge is 0.497 e. The van der Waals surface area contributed by atoms with Crippen molar-refractivity contribution in [2.75, 3.05) is 26.7 Å². The third kappa shape index (κ3) is 4.86. The maximum absolute atomic E-state index is 11.9. The monoisotopic (exact) mass is 395 g/mol. The van der Waals surface area contributed by atoms with Gasteiger partial charge < -0.3 is 19.0 Å². The minimum Gasteiger partial charge on any atom is -0.497 e. The third-order valence-corrected chi connectivity index (χ3v) is 5.34. The molecule has 0 radical (unpaired) electrons. The number of aromatic nitrogens is 1. The van der Waals surface area contributed by atoms with Gasteiger partial charge in [-0.3, -0.25) is 9.69 Å². The molecule has 0 atom stereocenters. The molecule has 0 spiro atoms. The molecule has 2 aromatic heterocycles. The van der Waals surface area contributed by atoms with Crippen LogP contribution in [0.5, 0.6) is 5.75 Å². The van der Waals surface area contributed by atoms with Crippen LogP contribution in [0, 0.1) is 5.92 Å². The van der Waals surface area contributed by atoms with Gasteiger partial charge in [-0.05, 0) is 68.2 Å². The Labute approximate surface area is 169 Å². The molecule has 0 aliphatic carbocycles. The highest BCUT2D eigenvalue weighted by Gasteiger charge is 2.21. The Morgan fingerprint density at radius 2 is 1.97 bits per heavy atom. The molecule has 3 aromatic rings. The molecule has 1 N–H and O–H groups in total. The number of piperidine rings is 1. The van der Waals surface area contributed by atoms with Crippen molar-refractivity contribution >= 4 is 5.91 Å². The van der Waals surface area contributed by atoms with Crippen LogP contribution in [-0.2, 0) is 6.54 Å². The number of likely N-dealkylation sites (tertiary alicyclic amines) is 1. The molecule has 1 aliphatic rings. The number of methoxy groups -OCH3 is 1. The lowest BCUT2D eigenvalue weighted by Gasteiger charge is -2.31. The molecule has 4 rings (SSSR count). The summed E-state index contributed by atoms with van der Waals surface area (Å²) < 4.78 is 15.9. The van der Waals surface area contributed by atoms with Crippen LogP contribution in [-0.4, -0.2) is 42.7 Å². The number of amides is 1. The molecule has 1 aliphatic heterocycles. The maximum atomic E-state index is 11.9. The van der Waals surface area contributed by atoms with E-state index in [0.29, 0.717) is 18.2 Å². The van der Waals surface area contributed by atoms with Gasteiger partial charge in [-0.25, -0.2) is 0 Å². The number of nitrogens with zero attached hydrogens (tertiary/aromatic N) is 2. The lowest BCUT2D eigenvalue weighted by atomic mass is 9.96. The number of carbonyl (C=O) groups excluding carboxylic acids is 1. The van der Waals surface area contributed by atoms with E-state index in [0.717, 1.165) is 55.3 Å². The van der Waals surface area contributed by atoms with Gasteiger partial charge in [0.25, 0.3) is 5.91 Å². The van der Waals surface area contributed by atoms with Gasteiger partial charge in [-0.1, -0.05) is 5.16 Å². The number of hydrogen-bond acceptors (Lipinski definition) is 6. The molecule has 1 amide bonds. The molecule has 1 saturated heterocycles. The fourth-order valence-electron chi connectivity index (χ4n) is 3.60. The summed E-state index contributed by atoms with van der Waals surface area (Å²) >= 11 is 0. The molecule has 1 aromatic carbocycles. The average molecular weight is 395 g/mol. The summed E-state index contributed by atoms with van der Waals surface area (Å²) in [6.45, 7) is 3.45. The number of rotatable bonds is 7. The molecule has 7 nitrogen and oxygen atoms in total. The highest BCUT2D eigenvalue weighted by atomic mass is 16.5. The summed E-state index contributed by atoms with van der Waals surface area (Å²) in [7, 11) is 1.66. The first-order valence-electron chi connectivity index (χ1n) is 9.85. The molecule has 0 saturated carbocycles. The molecule has 3 heterocycles. The first-order valence-corrected chi connectivity index (χ1v) is 9.85. The molecular weight excluding hydrogens is 370 g/mol. The summed E-state index contributed by atoms with van der Waals surface area (Å²) in [6, 6.07) is 13.5. The second-order valence-electron chi connectivity index (χ2n) is 7.31. The number of nitrogens with one attached hydrogen (secondary N) is 1. The zero-order chi connectivity index (χ0) is 20.1. The predicted molar refractivity (Wildman–Crippen MR) is 108 cm³/mol. The van der Waals surface area contributed by atoms with Crippen molar-refractivity contribution < 1.29 is 18.5 Å². The Morgan fingerprint density at radius 1 is 1.17 bits per heavy atom. The normalized spacial score (nSPS) is 15.3. The molecule has 0 unspecified atom stereocenters. The van der Waals surface area contributed by atoms with Crippen molar-refractivity contribution in [2.24, 2.45) is 5.92 Å². The van der Waals surface area contributed by atoms with E-state index in [9.17, 15) is 4.79 Å². The number of carbonyl (C=O) groups is 1. The van der Waals surface area contributed by atoms with Crippen molar-refractivity contribution in [1.82, 2.24) is 15.4 Å². The SMILES string of the molecule is COc1ccc(-c2ccc(CN3CCC(CNC(=O)c4ccon4)CC3)o2)cc1. The molecule has 1 fully saturated rings. The summed E-state index contributed by atoms with van der Waals surface area (Å²) in [5.41, 5.74) is 1.37. The summed E-state index contributed by atoms with van der Waals surface area (Å²) in [5, 5.41) is 6.60. The number of benzene rings is 1. The highest BCUT2D eigenvalue weighted by molar-refractivity contribution is 5.91. The van der Waals surface area contributed by atoms with Crippen molar-refractivity contribution in [2.45, 2.75) is 19.4 Å². The van der Waals surface area contributed by atoms with E-state index < -0.39 is 0 Å². The van der Waals surface area contributed by atoms with Gasteiger partial charge >= 0.3 is 0 Å². The summed E-state index contributed by atoms with van der Waals surface area (Å²) in [5.74, 6) is 2.97. The van der Waals surface area contributed by atoms with Gasteiger partial charge in [0.1, 0.15) is 23.5 Å². The minimum atomic E-state index is -0.178. The lowest BCUT2D eigenvalue weighted by molar-refractivity contribution is 0.0925. The Morgan fingerprint density at radius 3 is 2.66 bits per heavy atom. The molecule has 0 bridgehead atoms. The molecular formula is C22H25N3O4. The van der Waals surface area contributed by atoms with Gasteiger partial charge in [0.15, 0.2) is 5.69 Å². The smallest absolute Gasteiger partial charge is 0.273 e. The maximum Gasteiger partial charge on any atom is 0.273 e. The first kappa shape index (κ1) is 19.3. The van der Waals surface area contributed by atoms with Gasteiger partial charge in [-0.2, -0.15) is 0 Å². The first-order chi connectivity index (χ1) is 14.2. The van der Waals surface area contributed by atoms with E-state index in [4.69, 9.17) is 13.7 Å². The van der Waals surface area contributed by atoms with E-state index in [2.05, 4.69) is 15.4 Å². The summed E-state index contributed by atoms with van der Waals surface area (Å²) in [4.78, 5) is 14.3. The van der Waals surface area contributed by atoms with Crippen LogP contribution in [0.2, 0.25) is 0 Å². The van der Waals surface area contributed by atoms with Crippen LogP contribution < -0.4 is 10.1 Å². The molecule has 7 heteroatoms. The standard InChI is InChI=1S/C22H25N3O4/c1-27-18-4-2-17(3-5-18)21-7-6-19(29-21)15-25-11-8-16(9-12-25)14-23-22(26)20-10-13-28-24-20/h2-7,10,13,16H,8-9,11-12,14-15H2,1H3,(H,23,26). The van der Waals surface area contributed by atoms with Crippen LogP contribution in [0.1, 0.15) is 29.1 Å². The zero-order valence-corrected chi connectivity index (χ0v) is 16.5. The van der Waals surface area contributed by atoms with Crippen molar-refractivity contribution in [1.29, 1.82) is 0 Å². The van der Waals surface area contributed by atoms with Gasteiger partial charge in [-0.15, -0.1) is 0 Å². The van der Waals surface area contributed by atoms with Crippen molar-refractivity contribution in [3.63, 3.8) is 0 Å². The quantitative estimate of drug-likeness (QED) is 0.659. The van der Waals surface area contributed by atoms with E-state index >= 15 is 0 Å². The fourth-order valence-corrected chi connectivity index (χ4v) is 3.60. The highest BCUT2D eigenvalue weighted by Crippen LogP contribution is 2.26. The Kier molecular flexibility index (Phi) is 5.95. The average Bonchev–Trinajstić information content (AvgIpc) is 3.46. The Bertz CT molecular complexity index is 910. The van der Waals surface area contributed by atoms with Crippen LogP contribution in [0.15, 0.2) is 57.7 Å². The predicted octanol–water partition coefficient (Wildman–Crippen LogP) is 3.59. The Hall–Kier alpha value is -3.06. The second kappa shape index (κ2) is 8.96. The topological polar surface area (TPSA) is 80.7 Å². The number of hydrogen-bond donors (Lipinski definition) is 1. The zero-order valence-electron chi connectivity index (χ0n) is 16.5. The second-order valence-corrected chi connectivity index (χ2v) is 7.31. The van der Waals surface area contributed by atoms with Crippen LogP contribution >= 0.6 is 0 Å². The van der Waals surface area contributed by atoms with Crippen LogP contribution in [0.25, 0.3) is 11.3 Å². The van der Waals surface area contributed by atoms with E-state index in [1.807, 2.05) is 36.4 Å². The van der Waals surface area contributed by atoms with E-state index in [-0.39, 0.29) is 5.91 Å². The van der Waals surface area contributed by atoms with Crippen molar-refractivity contribution in [3.8, 4) is 17.1 Å². The van der Waals surface area contributed by atoms with Crippen molar-refractivity contribution in [3.05, 3.63) is 60.2 Å². The number of furan rings is 1. The lowest BCUT2D eigenvalue weighted by Crippen LogP contribution is -2.38. The van der Waals surface area contributed by atoms with E-state index in [1.54, 1.807) is 13.2 Å².